The van der Waals surface area contributed by atoms with E-state index in [1.165, 1.54) is 16.0 Å². The Hall–Kier alpha value is -1.92. The van der Waals surface area contributed by atoms with Gasteiger partial charge in [-0.15, -0.1) is 11.3 Å². The number of hydrogen-bond donors (Lipinski definition) is 1. The molecule has 0 unspecified atom stereocenters. The first-order valence-corrected chi connectivity index (χ1v) is 8.67. The highest BCUT2D eigenvalue weighted by Crippen LogP contribution is 2.42. The van der Waals surface area contributed by atoms with Crippen molar-refractivity contribution in [2.75, 3.05) is 0 Å². The number of imide groups is 1. The molecule has 0 saturated carbocycles. The first kappa shape index (κ1) is 14.7. The number of nitrogens with one attached hydrogen (secondary N) is 1. The fraction of sp³-hybridized carbons (Fsp3) is 0.312. The molecule has 4 rings (SSSR count). The smallest absolute Gasteiger partial charge is 0.319 e. The van der Waals surface area contributed by atoms with Gasteiger partial charge < -0.3 is 5.32 Å². The third kappa shape index (κ3) is 2.24. The number of carbonyl (C=O) groups is 2. The number of pyridine rings is 1. The molecule has 2 aromatic rings. The average molecular weight is 348 g/mol. The molecule has 0 bridgehead atoms. The van der Waals surface area contributed by atoms with E-state index >= 15 is 0 Å². The molecule has 1 N–H and O–H groups in total. The molecule has 3 heterocycles. The van der Waals surface area contributed by atoms with Crippen LogP contribution in [0.3, 0.4) is 0 Å². The van der Waals surface area contributed by atoms with Crippen LogP contribution in [0, 0.1) is 0 Å². The van der Waals surface area contributed by atoms with Crippen LogP contribution in [0.1, 0.15) is 29.0 Å². The SMILES string of the molecule is O=C1N[C@@]2(CCCc3sccc32)C(=O)N1Cc1ccc(Cl)cn1. The molecule has 118 valence electrons. The molecule has 23 heavy (non-hydrogen) atoms. The summed E-state index contributed by atoms with van der Waals surface area (Å²) in [5, 5.41) is 5.45. The molecule has 3 amide bonds. The number of rotatable bonds is 2. The van der Waals surface area contributed by atoms with Gasteiger partial charge in [-0.3, -0.25) is 14.7 Å². The van der Waals surface area contributed by atoms with Crippen LogP contribution in [0.2, 0.25) is 5.02 Å². The van der Waals surface area contributed by atoms with Gasteiger partial charge in [0.1, 0.15) is 5.54 Å². The van der Waals surface area contributed by atoms with Gasteiger partial charge in [-0.25, -0.2) is 4.79 Å². The molecule has 1 fully saturated rings. The van der Waals surface area contributed by atoms with Crippen molar-refractivity contribution in [3.05, 3.63) is 50.9 Å². The Morgan fingerprint density at radius 3 is 3.00 bits per heavy atom. The molecule has 7 heteroatoms. The van der Waals surface area contributed by atoms with E-state index in [0.717, 1.165) is 18.4 Å². The van der Waals surface area contributed by atoms with E-state index in [9.17, 15) is 9.59 Å². The maximum absolute atomic E-state index is 13.0. The van der Waals surface area contributed by atoms with Crippen LogP contribution in [0.15, 0.2) is 29.8 Å². The van der Waals surface area contributed by atoms with Crippen molar-refractivity contribution in [3.63, 3.8) is 0 Å². The molecular formula is C16H14ClN3O2S. The van der Waals surface area contributed by atoms with Gasteiger partial charge in [0.15, 0.2) is 0 Å². The van der Waals surface area contributed by atoms with E-state index < -0.39 is 5.54 Å². The van der Waals surface area contributed by atoms with E-state index in [1.54, 1.807) is 23.5 Å². The second-order valence-corrected chi connectivity index (χ2v) is 7.24. The number of aryl methyl sites for hydroxylation is 1. The van der Waals surface area contributed by atoms with E-state index in [1.807, 2.05) is 11.4 Å². The van der Waals surface area contributed by atoms with Crippen molar-refractivity contribution in [2.45, 2.75) is 31.3 Å². The molecule has 1 saturated heterocycles. The fourth-order valence-corrected chi connectivity index (χ4v) is 4.46. The zero-order valence-electron chi connectivity index (χ0n) is 12.2. The van der Waals surface area contributed by atoms with E-state index in [4.69, 9.17) is 11.6 Å². The highest BCUT2D eigenvalue weighted by molar-refractivity contribution is 7.10. The number of urea groups is 1. The molecular weight excluding hydrogens is 334 g/mol. The second kappa shape index (κ2) is 5.32. The van der Waals surface area contributed by atoms with Crippen LogP contribution in [0.5, 0.6) is 0 Å². The van der Waals surface area contributed by atoms with Gasteiger partial charge in [-0.2, -0.15) is 0 Å². The van der Waals surface area contributed by atoms with Crippen LogP contribution < -0.4 is 5.32 Å². The molecule has 2 aliphatic rings. The van der Waals surface area contributed by atoms with Gasteiger partial charge in [-0.1, -0.05) is 11.6 Å². The minimum atomic E-state index is -0.892. The van der Waals surface area contributed by atoms with E-state index in [2.05, 4.69) is 10.3 Å². The van der Waals surface area contributed by atoms with Crippen molar-refractivity contribution in [3.8, 4) is 0 Å². The van der Waals surface area contributed by atoms with E-state index in [0.29, 0.717) is 17.1 Å². The predicted octanol–water partition coefficient (Wildman–Crippen LogP) is 3.08. The Bertz CT molecular complexity index is 789. The van der Waals surface area contributed by atoms with Gasteiger partial charge in [0.25, 0.3) is 5.91 Å². The lowest BCUT2D eigenvalue weighted by atomic mass is 9.80. The monoisotopic (exact) mass is 347 g/mol. The highest BCUT2D eigenvalue weighted by atomic mass is 35.5. The quantitative estimate of drug-likeness (QED) is 0.849. The first-order chi connectivity index (χ1) is 11.1. The third-order valence-electron chi connectivity index (χ3n) is 4.45. The molecule has 0 aromatic carbocycles. The predicted molar refractivity (Wildman–Crippen MR) is 87.3 cm³/mol. The van der Waals surface area contributed by atoms with E-state index in [-0.39, 0.29) is 18.5 Å². The Labute approximate surface area is 142 Å². The summed E-state index contributed by atoms with van der Waals surface area (Å²) in [5.74, 6) is -0.182. The Morgan fingerprint density at radius 1 is 1.35 bits per heavy atom. The van der Waals surface area contributed by atoms with Crippen LogP contribution >= 0.6 is 22.9 Å². The van der Waals surface area contributed by atoms with Crippen LogP contribution in [0.4, 0.5) is 4.79 Å². The number of halogens is 1. The summed E-state index contributed by atoms with van der Waals surface area (Å²) in [6.45, 7) is 0.156. The summed E-state index contributed by atoms with van der Waals surface area (Å²) in [6.07, 6.45) is 4.03. The Balaban J connectivity index is 1.66. The van der Waals surface area contributed by atoms with Crippen LogP contribution in [-0.2, 0) is 23.3 Å². The van der Waals surface area contributed by atoms with Gasteiger partial charge in [0, 0.05) is 16.6 Å². The summed E-state index contributed by atoms with van der Waals surface area (Å²) in [7, 11) is 0. The summed E-state index contributed by atoms with van der Waals surface area (Å²) in [5.41, 5.74) is 0.701. The zero-order chi connectivity index (χ0) is 16.0. The largest absolute Gasteiger partial charge is 0.325 e. The topological polar surface area (TPSA) is 62.3 Å². The Kier molecular flexibility index (Phi) is 3.39. The number of amides is 3. The Morgan fingerprint density at radius 2 is 2.22 bits per heavy atom. The summed E-state index contributed by atoms with van der Waals surface area (Å²) in [4.78, 5) is 32.0. The maximum atomic E-state index is 13.0. The molecule has 0 radical (unpaired) electrons. The first-order valence-electron chi connectivity index (χ1n) is 7.41. The number of nitrogens with zero attached hydrogens (tertiary/aromatic N) is 2. The molecule has 1 spiro atoms. The van der Waals surface area contributed by atoms with Crippen LogP contribution in [0.25, 0.3) is 0 Å². The summed E-state index contributed by atoms with van der Waals surface area (Å²) in [6, 6.07) is 5.03. The number of aromatic nitrogens is 1. The standard InChI is InChI=1S/C16H14ClN3O2S/c17-10-3-4-11(18-8-10)9-20-14(21)16(19-15(20)22)6-1-2-13-12(16)5-7-23-13/h3-5,7-8H,1-2,6,9H2,(H,19,22)/t16-/m1/s1. The minimum absolute atomic E-state index is 0.156. The van der Waals surface area contributed by atoms with Crippen molar-refractivity contribution in [1.29, 1.82) is 0 Å². The summed E-state index contributed by atoms with van der Waals surface area (Å²) < 4.78 is 0. The van der Waals surface area contributed by atoms with Gasteiger partial charge in [0.05, 0.1) is 17.3 Å². The number of thiophene rings is 1. The average Bonchev–Trinajstić information content (AvgIpc) is 3.10. The molecule has 5 nitrogen and oxygen atoms in total. The number of hydrogen-bond acceptors (Lipinski definition) is 4. The van der Waals surface area contributed by atoms with Gasteiger partial charge in [-0.05, 0) is 42.8 Å². The van der Waals surface area contributed by atoms with Crippen molar-refractivity contribution in [1.82, 2.24) is 15.2 Å². The van der Waals surface area contributed by atoms with Crippen molar-refractivity contribution >= 4 is 34.9 Å². The van der Waals surface area contributed by atoms with Gasteiger partial charge in [0.2, 0.25) is 0 Å². The fourth-order valence-electron chi connectivity index (χ4n) is 3.35. The number of carbonyl (C=O) groups excluding carboxylic acids is 2. The molecule has 1 aliphatic carbocycles. The lowest BCUT2D eigenvalue weighted by Gasteiger charge is -2.31. The zero-order valence-corrected chi connectivity index (χ0v) is 13.8. The summed E-state index contributed by atoms with van der Waals surface area (Å²) >= 11 is 7.47. The van der Waals surface area contributed by atoms with Crippen molar-refractivity contribution in [2.24, 2.45) is 0 Å². The third-order valence-corrected chi connectivity index (χ3v) is 5.65. The molecule has 2 aromatic heterocycles. The van der Waals surface area contributed by atoms with Crippen LogP contribution in [-0.4, -0.2) is 21.8 Å². The second-order valence-electron chi connectivity index (χ2n) is 5.81. The number of fused-ring (bicyclic) bond motifs is 2. The van der Waals surface area contributed by atoms with Gasteiger partial charge >= 0.3 is 6.03 Å². The minimum Gasteiger partial charge on any atom is -0.319 e. The van der Waals surface area contributed by atoms with Crippen molar-refractivity contribution < 1.29 is 9.59 Å². The normalized spacial score (nSPS) is 23.3. The lowest BCUT2D eigenvalue weighted by molar-refractivity contribution is -0.132. The molecule has 1 aliphatic heterocycles. The molecule has 1 atom stereocenters. The highest BCUT2D eigenvalue weighted by Gasteiger charge is 2.54. The lowest BCUT2D eigenvalue weighted by Crippen LogP contribution is -2.46. The maximum Gasteiger partial charge on any atom is 0.325 e.